The first-order valence-electron chi connectivity index (χ1n) is 6.46. The van der Waals surface area contributed by atoms with Crippen LogP contribution >= 0.6 is 0 Å². The van der Waals surface area contributed by atoms with Crippen molar-refractivity contribution in [1.82, 2.24) is 25.5 Å². The molecule has 1 aromatic heterocycles. The summed E-state index contributed by atoms with van der Waals surface area (Å²) >= 11 is 0. The van der Waals surface area contributed by atoms with E-state index >= 15 is 0 Å². The maximum absolute atomic E-state index is 11.7. The summed E-state index contributed by atoms with van der Waals surface area (Å²) < 4.78 is 1.52. The van der Waals surface area contributed by atoms with E-state index in [9.17, 15) is 9.59 Å². The molecule has 1 heterocycles. The molecule has 0 aliphatic carbocycles. The summed E-state index contributed by atoms with van der Waals surface area (Å²) in [6.45, 7) is 0.369. The number of nitrogens with one attached hydrogen (secondary N) is 1. The van der Waals surface area contributed by atoms with E-state index in [2.05, 4.69) is 20.8 Å². The molecule has 8 heteroatoms. The van der Waals surface area contributed by atoms with E-state index in [1.165, 1.54) is 11.0 Å². The SMILES string of the molecule is O=C(O)CCCNC(=O)Cc1ccc(-n2cnnn2)cc1. The second-order valence-corrected chi connectivity index (χ2v) is 4.44. The first kappa shape index (κ1) is 14.6. The average Bonchev–Trinajstić information content (AvgIpc) is 2.98. The molecule has 1 amide bonds. The molecule has 0 bridgehead atoms. The van der Waals surface area contributed by atoms with Crippen LogP contribution in [0.25, 0.3) is 5.69 Å². The second-order valence-electron chi connectivity index (χ2n) is 4.44. The molecule has 2 N–H and O–H groups in total. The summed E-state index contributed by atoms with van der Waals surface area (Å²) in [5.41, 5.74) is 1.67. The number of hydrogen-bond donors (Lipinski definition) is 2. The predicted octanol–water partition coefficient (Wildman–Crippen LogP) is 0.186. The zero-order valence-electron chi connectivity index (χ0n) is 11.3. The molecule has 1 aromatic carbocycles. The molecule has 0 saturated heterocycles. The van der Waals surface area contributed by atoms with Crippen molar-refractivity contribution in [3.8, 4) is 5.69 Å². The van der Waals surface area contributed by atoms with Crippen molar-refractivity contribution in [3.05, 3.63) is 36.2 Å². The lowest BCUT2D eigenvalue weighted by Crippen LogP contribution is -2.26. The number of hydrogen-bond acceptors (Lipinski definition) is 5. The lowest BCUT2D eigenvalue weighted by Gasteiger charge is -2.05. The standard InChI is InChI=1S/C13H15N5O3/c19-12(14-7-1-2-13(20)21)8-10-3-5-11(6-4-10)18-9-15-16-17-18/h3-6,9H,1-2,7-8H2,(H,14,19)(H,20,21). The normalized spacial score (nSPS) is 10.3. The van der Waals surface area contributed by atoms with Crippen molar-refractivity contribution in [2.24, 2.45) is 0 Å². The fourth-order valence-corrected chi connectivity index (χ4v) is 1.76. The van der Waals surface area contributed by atoms with Gasteiger partial charge in [-0.2, -0.15) is 0 Å². The van der Waals surface area contributed by atoms with Crippen LogP contribution < -0.4 is 5.32 Å². The van der Waals surface area contributed by atoms with E-state index < -0.39 is 5.97 Å². The average molecular weight is 289 g/mol. The molecule has 0 saturated carbocycles. The zero-order chi connectivity index (χ0) is 15.1. The van der Waals surface area contributed by atoms with E-state index in [0.717, 1.165) is 11.3 Å². The van der Waals surface area contributed by atoms with Crippen LogP contribution in [0.4, 0.5) is 0 Å². The summed E-state index contributed by atoms with van der Waals surface area (Å²) in [5.74, 6) is -0.988. The van der Waals surface area contributed by atoms with Crippen molar-refractivity contribution in [2.75, 3.05) is 6.54 Å². The van der Waals surface area contributed by atoms with Crippen LogP contribution in [0.2, 0.25) is 0 Å². The van der Waals surface area contributed by atoms with Crippen molar-refractivity contribution < 1.29 is 14.7 Å². The van der Waals surface area contributed by atoms with Crippen LogP contribution in [0, 0.1) is 0 Å². The maximum atomic E-state index is 11.7. The van der Waals surface area contributed by atoms with Gasteiger partial charge in [0.15, 0.2) is 0 Å². The fourth-order valence-electron chi connectivity index (χ4n) is 1.76. The van der Waals surface area contributed by atoms with Gasteiger partial charge in [0.25, 0.3) is 0 Å². The van der Waals surface area contributed by atoms with Crippen LogP contribution in [-0.4, -0.2) is 43.7 Å². The zero-order valence-corrected chi connectivity index (χ0v) is 11.3. The Bertz CT molecular complexity index is 595. The molecular formula is C13H15N5O3. The molecule has 0 aliphatic rings. The van der Waals surface area contributed by atoms with Crippen LogP contribution in [0.1, 0.15) is 18.4 Å². The maximum Gasteiger partial charge on any atom is 0.303 e. The Kier molecular flexibility index (Phi) is 4.97. The van der Waals surface area contributed by atoms with Crippen LogP contribution in [0.3, 0.4) is 0 Å². The predicted molar refractivity (Wildman–Crippen MR) is 72.7 cm³/mol. The van der Waals surface area contributed by atoms with Crippen molar-refractivity contribution in [2.45, 2.75) is 19.3 Å². The van der Waals surface area contributed by atoms with Crippen LogP contribution in [0.15, 0.2) is 30.6 Å². The molecule has 8 nitrogen and oxygen atoms in total. The monoisotopic (exact) mass is 289 g/mol. The molecule has 0 unspecified atom stereocenters. The Morgan fingerprint density at radius 3 is 2.62 bits per heavy atom. The van der Waals surface area contributed by atoms with Gasteiger partial charge in [0, 0.05) is 13.0 Å². The number of carboxylic acids is 1. The van der Waals surface area contributed by atoms with Crippen LogP contribution in [0.5, 0.6) is 0 Å². The minimum atomic E-state index is -0.859. The highest BCUT2D eigenvalue weighted by Crippen LogP contribution is 2.08. The Labute approximate surface area is 120 Å². The smallest absolute Gasteiger partial charge is 0.303 e. The molecule has 0 spiro atoms. The highest BCUT2D eigenvalue weighted by atomic mass is 16.4. The van der Waals surface area contributed by atoms with Gasteiger partial charge in [0.2, 0.25) is 5.91 Å². The Morgan fingerprint density at radius 1 is 1.24 bits per heavy atom. The number of aliphatic carboxylic acids is 1. The van der Waals surface area contributed by atoms with Gasteiger partial charge in [-0.3, -0.25) is 9.59 Å². The molecule has 0 radical (unpaired) electrons. The molecule has 21 heavy (non-hydrogen) atoms. The fraction of sp³-hybridized carbons (Fsp3) is 0.308. The summed E-state index contributed by atoms with van der Waals surface area (Å²) in [5, 5.41) is 22.0. The summed E-state index contributed by atoms with van der Waals surface area (Å²) in [4.78, 5) is 22.0. The van der Waals surface area contributed by atoms with Gasteiger partial charge in [-0.1, -0.05) is 12.1 Å². The number of benzene rings is 1. The van der Waals surface area contributed by atoms with Crippen molar-refractivity contribution in [3.63, 3.8) is 0 Å². The Hall–Kier alpha value is -2.77. The topological polar surface area (TPSA) is 110 Å². The first-order valence-corrected chi connectivity index (χ1v) is 6.46. The third-order valence-electron chi connectivity index (χ3n) is 2.80. The summed E-state index contributed by atoms with van der Waals surface area (Å²) in [6, 6.07) is 7.30. The molecule has 0 aliphatic heterocycles. The quantitative estimate of drug-likeness (QED) is 0.704. The van der Waals surface area contributed by atoms with Crippen LogP contribution in [-0.2, 0) is 16.0 Å². The molecule has 2 aromatic rings. The van der Waals surface area contributed by atoms with E-state index in [0.29, 0.717) is 13.0 Å². The molecular weight excluding hydrogens is 274 g/mol. The number of carbonyl (C=O) groups is 2. The van der Waals surface area contributed by atoms with Crippen molar-refractivity contribution in [1.29, 1.82) is 0 Å². The second kappa shape index (κ2) is 7.13. The van der Waals surface area contributed by atoms with E-state index in [-0.39, 0.29) is 18.7 Å². The summed E-state index contributed by atoms with van der Waals surface area (Å²) in [7, 11) is 0. The largest absolute Gasteiger partial charge is 0.481 e. The Morgan fingerprint density at radius 2 is 2.00 bits per heavy atom. The first-order chi connectivity index (χ1) is 10.1. The lowest BCUT2D eigenvalue weighted by atomic mass is 10.1. The van der Waals surface area contributed by atoms with Gasteiger partial charge in [-0.05, 0) is 34.5 Å². The molecule has 110 valence electrons. The number of carbonyl (C=O) groups excluding carboxylic acids is 1. The van der Waals surface area contributed by atoms with E-state index in [1.807, 2.05) is 24.3 Å². The van der Waals surface area contributed by atoms with E-state index in [4.69, 9.17) is 5.11 Å². The summed E-state index contributed by atoms with van der Waals surface area (Å²) in [6.07, 6.45) is 2.23. The number of carboxylic acid groups (broad SMARTS) is 1. The van der Waals surface area contributed by atoms with Gasteiger partial charge in [0.05, 0.1) is 12.1 Å². The van der Waals surface area contributed by atoms with Gasteiger partial charge in [0.1, 0.15) is 6.33 Å². The molecule has 0 atom stereocenters. The number of rotatable bonds is 7. The third kappa shape index (κ3) is 4.68. The minimum absolute atomic E-state index is 0.0565. The van der Waals surface area contributed by atoms with E-state index in [1.54, 1.807) is 0 Å². The number of amides is 1. The Balaban J connectivity index is 1.80. The highest BCUT2D eigenvalue weighted by molar-refractivity contribution is 5.78. The minimum Gasteiger partial charge on any atom is -0.481 e. The number of aromatic nitrogens is 4. The third-order valence-corrected chi connectivity index (χ3v) is 2.80. The van der Waals surface area contributed by atoms with Gasteiger partial charge >= 0.3 is 5.97 Å². The van der Waals surface area contributed by atoms with Gasteiger partial charge in [-0.15, -0.1) is 5.10 Å². The molecule has 0 fully saturated rings. The van der Waals surface area contributed by atoms with Gasteiger partial charge in [-0.25, -0.2) is 4.68 Å². The number of nitrogens with zero attached hydrogens (tertiary/aromatic N) is 4. The highest BCUT2D eigenvalue weighted by Gasteiger charge is 2.04. The van der Waals surface area contributed by atoms with Crippen molar-refractivity contribution >= 4 is 11.9 Å². The lowest BCUT2D eigenvalue weighted by molar-refractivity contribution is -0.137. The molecule has 2 rings (SSSR count). The van der Waals surface area contributed by atoms with Gasteiger partial charge < -0.3 is 10.4 Å². The number of tetrazole rings is 1.